The van der Waals surface area contributed by atoms with Crippen molar-refractivity contribution in [3.05, 3.63) is 23.0 Å². The average molecular weight is 200 g/mol. The summed E-state index contributed by atoms with van der Waals surface area (Å²) in [7, 11) is 0. The molecule has 72 valence electrons. The fourth-order valence-corrected chi connectivity index (χ4v) is 1.53. The molecule has 0 saturated carbocycles. The number of aromatic nitrogens is 1. The minimum Gasteiger partial charge on any atom is -0.493 e. The van der Waals surface area contributed by atoms with E-state index < -0.39 is 0 Å². The summed E-state index contributed by atoms with van der Waals surface area (Å²) in [6.07, 6.45) is 1.80. The van der Waals surface area contributed by atoms with Crippen molar-refractivity contribution >= 4 is 11.6 Å². The van der Waals surface area contributed by atoms with Crippen LogP contribution in [0, 0.1) is 13.8 Å². The van der Waals surface area contributed by atoms with Crippen LogP contribution in [0.1, 0.15) is 23.7 Å². The first-order valence-corrected chi connectivity index (χ1v) is 4.88. The lowest BCUT2D eigenvalue weighted by Crippen LogP contribution is -2.01. The number of hydrogen-bond donors (Lipinski definition) is 0. The van der Waals surface area contributed by atoms with E-state index in [1.54, 1.807) is 6.20 Å². The van der Waals surface area contributed by atoms with Gasteiger partial charge >= 0.3 is 0 Å². The number of alkyl halides is 1. The van der Waals surface area contributed by atoms with Crippen molar-refractivity contribution in [3.63, 3.8) is 0 Å². The lowest BCUT2D eigenvalue weighted by molar-refractivity contribution is 0.334. The number of ether oxygens (including phenoxy) is 1. The summed E-state index contributed by atoms with van der Waals surface area (Å²) < 4.78 is 5.51. The quantitative estimate of drug-likeness (QED) is 0.699. The van der Waals surface area contributed by atoms with E-state index in [1.165, 1.54) is 0 Å². The molecule has 0 fully saturated rings. The predicted molar refractivity (Wildman–Crippen MR) is 54.4 cm³/mol. The van der Waals surface area contributed by atoms with Gasteiger partial charge in [-0.15, -0.1) is 11.6 Å². The van der Waals surface area contributed by atoms with Crippen LogP contribution in [-0.2, 0) is 5.88 Å². The molecule has 0 saturated heterocycles. The van der Waals surface area contributed by atoms with Crippen molar-refractivity contribution < 1.29 is 4.74 Å². The Morgan fingerprint density at radius 2 is 2.15 bits per heavy atom. The Labute approximate surface area is 83.9 Å². The zero-order valence-electron chi connectivity index (χ0n) is 8.22. The zero-order valence-corrected chi connectivity index (χ0v) is 8.98. The van der Waals surface area contributed by atoms with Crippen molar-refractivity contribution in [2.75, 3.05) is 6.61 Å². The Hall–Kier alpha value is -0.760. The van der Waals surface area contributed by atoms with Crippen LogP contribution in [0.25, 0.3) is 0 Å². The Morgan fingerprint density at radius 3 is 2.69 bits per heavy atom. The maximum Gasteiger partial charge on any atom is 0.128 e. The number of hydrogen-bond acceptors (Lipinski definition) is 2. The Balaban J connectivity index is 3.13. The van der Waals surface area contributed by atoms with E-state index in [1.807, 2.05) is 20.8 Å². The highest BCUT2D eigenvalue weighted by molar-refractivity contribution is 6.17. The molecule has 0 spiro atoms. The molecule has 0 unspecified atom stereocenters. The van der Waals surface area contributed by atoms with Gasteiger partial charge in [0.25, 0.3) is 0 Å². The third kappa shape index (κ3) is 2.13. The minimum atomic E-state index is 0.437. The first kappa shape index (κ1) is 10.3. The van der Waals surface area contributed by atoms with Crippen molar-refractivity contribution in [1.29, 1.82) is 0 Å². The molecule has 0 aliphatic carbocycles. The van der Waals surface area contributed by atoms with Gasteiger partial charge in [-0.3, -0.25) is 4.98 Å². The third-order valence-electron chi connectivity index (χ3n) is 1.96. The fraction of sp³-hybridized carbons (Fsp3) is 0.500. The third-order valence-corrected chi connectivity index (χ3v) is 2.21. The van der Waals surface area contributed by atoms with Crippen LogP contribution in [0.5, 0.6) is 5.75 Å². The molecule has 0 amide bonds. The molecule has 1 rings (SSSR count). The predicted octanol–water partition coefficient (Wildman–Crippen LogP) is 2.84. The van der Waals surface area contributed by atoms with E-state index in [-0.39, 0.29) is 0 Å². The van der Waals surface area contributed by atoms with Crippen LogP contribution in [0.4, 0.5) is 0 Å². The fourth-order valence-electron chi connectivity index (χ4n) is 1.26. The Kier molecular flexibility index (Phi) is 3.55. The van der Waals surface area contributed by atoms with Gasteiger partial charge in [0.05, 0.1) is 18.2 Å². The number of rotatable bonds is 3. The molecule has 0 aliphatic heterocycles. The molecule has 0 atom stereocenters. The Bertz CT molecular complexity index is 299. The highest BCUT2D eigenvalue weighted by Gasteiger charge is 2.08. The number of aryl methyl sites for hydroxylation is 1. The Morgan fingerprint density at radius 1 is 1.46 bits per heavy atom. The summed E-state index contributed by atoms with van der Waals surface area (Å²) in [6, 6.07) is 0. The van der Waals surface area contributed by atoms with Crippen molar-refractivity contribution in [1.82, 2.24) is 4.98 Å². The van der Waals surface area contributed by atoms with E-state index in [9.17, 15) is 0 Å². The van der Waals surface area contributed by atoms with Crippen LogP contribution in [0.15, 0.2) is 6.20 Å². The monoisotopic (exact) mass is 199 g/mol. The lowest BCUT2D eigenvalue weighted by atomic mass is 10.1. The van der Waals surface area contributed by atoms with Crippen molar-refractivity contribution in [2.45, 2.75) is 26.7 Å². The molecule has 1 heterocycles. The van der Waals surface area contributed by atoms with Crippen LogP contribution < -0.4 is 4.74 Å². The average Bonchev–Trinajstić information content (AvgIpc) is 2.12. The van der Waals surface area contributed by atoms with E-state index in [4.69, 9.17) is 16.3 Å². The standard InChI is InChI=1S/C10H14ClNO/c1-4-13-10-7(2)6-12-9(5-11)8(10)3/h6H,4-5H2,1-3H3. The second kappa shape index (κ2) is 4.47. The molecule has 1 aromatic rings. The lowest BCUT2D eigenvalue weighted by Gasteiger charge is -2.11. The van der Waals surface area contributed by atoms with E-state index >= 15 is 0 Å². The van der Waals surface area contributed by atoms with E-state index in [0.717, 1.165) is 22.6 Å². The van der Waals surface area contributed by atoms with Gasteiger partial charge in [0.1, 0.15) is 5.75 Å². The number of nitrogens with zero attached hydrogens (tertiary/aromatic N) is 1. The largest absolute Gasteiger partial charge is 0.493 e. The second-order valence-electron chi connectivity index (χ2n) is 2.91. The maximum atomic E-state index is 5.74. The molecule has 0 aliphatic rings. The minimum absolute atomic E-state index is 0.437. The highest BCUT2D eigenvalue weighted by atomic mass is 35.5. The van der Waals surface area contributed by atoms with Crippen molar-refractivity contribution in [3.8, 4) is 5.75 Å². The van der Waals surface area contributed by atoms with E-state index in [2.05, 4.69) is 4.98 Å². The molecule has 1 aromatic heterocycles. The summed E-state index contributed by atoms with van der Waals surface area (Å²) in [6.45, 7) is 6.62. The highest BCUT2D eigenvalue weighted by Crippen LogP contribution is 2.25. The van der Waals surface area contributed by atoms with E-state index in [0.29, 0.717) is 12.5 Å². The SMILES string of the molecule is CCOc1c(C)cnc(CCl)c1C. The summed E-state index contributed by atoms with van der Waals surface area (Å²) in [4.78, 5) is 4.23. The molecule has 0 N–H and O–H groups in total. The molecular formula is C10H14ClNO. The molecule has 0 bridgehead atoms. The second-order valence-corrected chi connectivity index (χ2v) is 3.18. The van der Waals surface area contributed by atoms with Gasteiger partial charge in [-0.1, -0.05) is 0 Å². The van der Waals surface area contributed by atoms with Gasteiger partial charge in [-0.25, -0.2) is 0 Å². The summed E-state index contributed by atoms with van der Waals surface area (Å²) in [5.74, 6) is 1.36. The van der Waals surface area contributed by atoms with Crippen LogP contribution >= 0.6 is 11.6 Å². The number of pyridine rings is 1. The van der Waals surface area contributed by atoms with Gasteiger partial charge in [-0.2, -0.15) is 0 Å². The smallest absolute Gasteiger partial charge is 0.128 e. The van der Waals surface area contributed by atoms with Crippen LogP contribution in [0.2, 0.25) is 0 Å². The van der Waals surface area contributed by atoms with Gasteiger partial charge in [0.2, 0.25) is 0 Å². The van der Waals surface area contributed by atoms with Crippen LogP contribution in [0.3, 0.4) is 0 Å². The van der Waals surface area contributed by atoms with Crippen LogP contribution in [-0.4, -0.2) is 11.6 Å². The molecule has 3 heteroatoms. The molecular weight excluding hydrogens is 186 g/mol. The molecule has 2 nitrogen and oxygen atoms in total. The summed E-state index contributed by atoms with van der Waals surface area (Å²) in [5.41, 5.74) is 3.01. The first-order valence-electron chi connectivity index (χ1n) is 4.34. The maximum absolute atomic E-state index is 5.74. The zero-order chi connectivity index (χ0) is 9.84. The van der Waals surface area contributed by atoms with Gasteiger partial charge in [-0.05, 0) is 20.8 Å². The summed E-state index contributed by atoms with van der Waals surface area (Å²) >= 11 is 5.74. The number of halogens is 1. The topological polar surface area (TPSA) is 22.1 Å². The van der Waals surface area contributed by atoms with Gasteiger partial charge in [0, 0.05) is 17.3 Å². The van der Waals surface area contributed by atoms with Gasteiger partial charge < -0.3 is 4.74 Å². The van der Waals surface area contributed by atoms with Gasteiger partial charge in [0.15, 0.2) is 0 Å². The molecule has 13 heavy (non-hydrogen) atoms. The summed E-state index contributed by atoms with van der Waals surface area (Å²) in [5, 5.41) is 0. The molecule has 0 radical (unpaired) electrons. The first-order chi connectivity index (χ1) is 6.20. The molecule has 0 aromatic carbocycles. The van der Waals surface area contributed by atoms with Crippen molar-refractivity contribution in [2.24, 2.45) is 0 Å². The normalized spacial score (nSPS) is 10.2.